The number of ether oxygens (including phenoxy) is 1. The standard InChI is InChI=1S/C16H29NO/c1-4-7-11-15(17-14-5-2)16(18-6-3)12-9-8-10-13-16/h1,15,17H,5-14H2,2-3H3. The van der Waals surface area contributed by atoms with E-state index in [1.165, 1.54) is 32.1 Å². The highest BCUT2D eigenvalue weighted by atomic mass is 16.5. The van der Waals surface area contributed by atoms with Gasteiger partial charge in [0.05, 0.1) is 5.60 Å². The van der Waals surface area contributed by atoms with Crippen LogP contribution in [0.4, 0.5) is 0 Å². The summed E-state index contributed by atoms with van der Waals surface area (Å²) in [6, 6.07) is 0.425. The van der Waals surface area contributed by atoms with Gasteiger partial charge in [-0.25, -0.2) is 0 Å². The van der Waals surface area contributed by atoms with E-state index >= 15 is 0 Å². The number of hydrogen-bond donors (Lipinski definition) is 1. The average molecular weight is 251 g/mol. The molecule has 0 saturated heterocycles. The normalized spacial score (nSPS) is 20.3. The molecule has 0 aliphatic heterocycles. The lowest BCUT2D eigenvalue weighted by molar-refractivity contribution is -0.0911. The molecule has 1 saturated carbocycles. The van der Waals surface area contributed by atoms with E-state index in [-0.39, 0.29) is 5.60 Å². The smallest absolute Gasteiger partial charge is 0.0834 e. The molecule has 1 fully saturated rings. The molecule has 0 aromatic rings. The monoisotopic (exact) mass is 251 g/mol. The van der Waals surface area contributed by atoms with Gasteiger partial charge in [-0.2, -0.15) is 0 Å². The van der Waals surface area contributed by atoms with Crippen molar-refractivity contribution in [3.8, 4) is 12.3 Å². The second kappa shape index (κ2) is 8.56. The molecule has 18 heavy (non-hydrogen) atoms. The minimum Gasteiger partial charge on any atom is -0.374 e. The molecule has 1 aliphatic rings. The van der Waals surface area contributed by atoms with Gasteiger partial charge in [-0.05, 0) is 39.2 Å². The molecule has 1 aliphatic carbocycles. The van der Waals surface area contributed by atoms with Crippen LogP contribution >= 0.6 is 0 Å². The summed E-state index contributed by atoms with van der Waals surface area (Å²) < 4.78 is 6.20. The van der Waals surface area contributed by atoms with Gasteiger partial charge < -0.3 is 10.1 Å². The summed E-state index contributed by atoms with van der Waals surface area (Å²) in [6.45, 7) is 6.18. The van der Waals surface area contributed by atoms with Gasteiger partial charge in [-0.1, -0.05) is 26.2 Å². The molecule has 0 aromatic carbocycles. The number of terminal acetylenes is 1. The van der Waals surface area contributed by atoms with Gasteiger partial charge in [0.1, 0.15) is 0 Å². The fourth-order valence-electron chi connectivity index (χ4n) is 3.13. The quantitative estimate of drug-likeness (QED) is 0.667. The molecule has 0 radical (unpaired) electrons. The Morgan fingerprint density at radius 2 is 2.00 bits per heavy atom. The van der Waals surface area contributed by atoms with E-state index in [9.17, 15) is 0 Å². The Hall–Kier alpha value is -0.520. The zero-order valence-electron chi connectivity index (χ0n) is 12.1. The van der Waals surface area contributed by atoms with Crippen LogP contribution in [0.3, 0.4) is 0 Å². The van der Waals surface area contributed by atoms with Crippen LogP contribution in [0.2, 0.25) is 0 Å². The number of nitrogens with one attached hydrogen (secondary N) is 1. The van der Waals surface area contributed by atoms with Gasteiger partial charge in [0.2, 0.25) is 0 Å². The van der Waals surface area contributed by atoms with Crippen molar-refractivity contribution in [2.24, 2.45) is 0 Å². The van der Waals surface area contributed by atoms with Gasteiger partial charge in [0.15, 0.2) is 0 Å². The first-order chi connectivity index (χ1) is 8.79. The molecule has 0 aromatic heterocycles. The molecule has 0 heterocycles. The van der Waals surface area contributed by atoms with E-state index in [2.05, 4.69) is 25.1 Å². The van der Waals surface area contributed by atoms with E-state index in [1.54, 1.807) is 0 Å². The SMILES string of the molecule is C#CCCC(NCCC)C1(OCC)CCCCC1. The van der Waals surface area contributed by atoms with Gasteiger partial charge in [-0.3, -0.25) is 0 Å². The molecular formula is C16H29NO. The summed E-state index contributed by atoms with van der Waals surface area (Å²) in [5.41, 5.74) is 0.0407. The minimum atomic E-state index is 0.0407. The highest BCUT2D eigenvalue weighted by Gasteiger charge is 2.39. The third-order valence-corrected chi connectivity index (χ3v) is 3.98. The predicted octanol–water partition coefficient (Wildman–Crippen LogP) is 3.51. The summed E-state index contributed by atoms with van der Waals surface area (Å²) in [4.78, 5) is 0. The minimum absolute atomic E-state index is 0.0407. The van der Waals surface area contributed by atoms with E-state index in [0.717, 1.165) is 32.4 Å². The molecule has 1 rings (SSSR count). The Morgan fingerprint density at radius 3 is 2.56 bits per heavy atom. The number of rotatable bonds is 8. The Morgan fingerprint density at radius 1 is 1.28 bits per heavy atom. The van der Waals surface area contributed by atoms with E-state index in [4.69, 9.17) is 11.2 Å². The van der Waals surface area contributed by atoms with Crippen LogP contribution in [0.25, 0.3) is 0 Å². The van der Waals surface area contributed by atoms with Crippen molar-refractivity contribution in [1.82, 2.24) is 5.32 Å². The Labute approximate surface area is 113 Å². The first-order valence-corrected chi connectivity index (χ1v) is 7.60. The van der Waals surface area contributed by atoms with Crippen LogP contribution in [0, 0.1) is 12.3 Å². The first-order valence-electron chi connectivity index (χ1n) is 7.60. The van der Waals surface area contributed by atoms with E-state index in [1.807, 2.05) is 0 Å². The molecular weight excluding hydrogens is 222 g/mol. The molecule has 1 N–H and O–H groups in total. The fourth-order valence-corrected chi connectivity index (χ4v) is 3.13. The van der Waals surface area contributed by atoms with Gasteiger partial charge in [0.25, 0.3) is 0 Å². The first kappa shape index (κ1) is 15.5. The van der Waals surface area contributed by atoms with E-state index < -0.39 is 0 Å². The highest BCUT2D eigenvalue weighted by Crippen LogP contribution is 2.36. The predicted molar refractivity (Wildman–Crippen MR) is 77.6 cm³/mol. The second-order valence-corrected chi connectivity index (χ2v) is 5.31. The van der Waals surface area contributed by atoms with E-state index in [0.29, 0.717) is 6.04 Å². The van der Waals surface area contributed by atoms with Crippen molar-refractivity contribution >= 4 is 0 Å². The van der Waals surface area contributed by atoms with Gasteiger partial charge >= 0.3 is 0 Å². The van der Waals surface area contributed by atoms with Gasteiger partial charge in [0, 0.05) is 19.1 Å². The van der Waals surface area contributed by atoms with Crippen molar-refractivity contribution in [1.29, 1.82) is 0 Å². The zero-order chi connectivity index (χ0) is 13.3. The molecule has 0 amide bonds. The maximum atomic E-state index is 6.20. The molecule has 0 spiro atoms. The summed E-state index contributed by atoms with van der Waals surface area (Å²) in [7, 11) is 0. The van der Waals surface area contributed by atoms with Crippen molar-refractivity contribution < 1.29 is 4.74 Å². The second-order valence-electron chi connectivity index (χ2n) is 5.31. The van der Waals surface area contributed by atoms with Crippen molar-refractivity contribution in [2.45, 2.75) is 76.9 Å². The Bertz CT molecular complexity index is 245. The summed E-state index contributed by atoms with van der Waals surface area (Å²) >= 11 is 0. The molecule has 1 unspecified atom stereocenters. The van der Waals surface area contributed by atoms with Gasteiger partial charge in [-0.15, -0.1) is 12.3 Å². The third kappa shape index (κ3) is 4.30. The van der Waals surface area contributed by atoms with Crippen molar-refractivity contribution in [3.63, 3.8) is 0 Å². The van der Waals surface area contributed by atoms with Crippen LogP contribution in [0.5, 0.6) is 0 Å². The highest BCUT2D eigenvalue weighted by molar-refractivity contribution is 4.98. The molecule has 104 valence electrons. The van der Waals surface area contributed by atoms with Crippen LogP contribution in [-0.2, 0) is 4.74 Å². The zero-order valence-corrected chi connectivity index (χ0v) is 12.1. The Kier molecular flexibility index (Phi) is 7.39. The summed E-state index contributed by atoms with van der Waals surface area (Å²) in [5, 5.41) is 3.68. The van der Waals surface area contributed by atoms with Crippen LogP contribution < -0.4 is 5.32 Å². The lowest BCUT2D eigenvalue weighted by atomic mass is 9.77. The fraction of sp³-hybridized carbons (Fsp3) is 0.875. The molecule has 1 atom stereocenters. The third-order valence-electron chi connectivity index (χ3n) is 3.98. The maximum absolute atomic E-state index is 6.20. The van der Waals surface area contributed by atoms with Crippen molar-refractivity contribution in [3.05, 3.63) is 0 Å². The van der Waals surface area contributed by atoms with Crippen LogP contribution in [0.15, 0.2) is 0 Å². The largest absolute Gasteiger partial charge is 0.374 e. The molecule has 0 bridgehead atoms. The number of hydrogen-bond acceptors (Lipinski definition) is 2. The summed E-state index contributed by atoms with van der Waals surface area (Å²) in [6.07, 6.45) is 14.8. The molecule has 2 nitrogen and oxygen atoms in total. The average Bonchev–Trinajstić information content (AvgIpc) is 2.40. The lowest BCUT2D eigenvalue weighted by Crippen LogP contribution is -2.54. The lowest BCUT2D eigenvalue weighted by Gasteiger charge is -2.43. The van der Waals surface area contributed by atoms with Crippen LogP contribution in [-0.4, -0.2) is 24.8 Å². The maximum Gasteiger partial charge on any atom is 0.0834 e. The van der Waals surface area contributed by atoms with Crippen molar-refractivity contribution in [2.75, 3.05) is 13.2 Å². The van der Waals surface area contributed by atoms with Crippen LogP contribution in [0.1, 0.15) is 65.2 Å². The summed E-state index contributed by atoms with van der Waals surface area (Å²) in [5.74, 6) is 2.78. The topological polar surface area (TPSA) is 21.3 Å². The Balaban J connectivity index is 2.71. The molecule has 2 heteroatoms.